The summed E-state index contributed by atoms with van der Waals surface area (Å²) in [5.74, 6) is -0.443. The van der Waals surface area contributed by atoms with Crippen molar-refractivity contribution >= 4 is 34.7 Å². The second-order valence-corrected chi connectivity index (χ2v) is 7.37. The molecule has 0 aromatic heterocycles. The summed E-state index contributed by atoms with van der Waals surface area (Å²) in [5.41, 5.74) is -0.525. The van der Waals surface area contributed by atoms with Crippen LogP contribution in [0.5, 0.6) is 0 Å². The minimum Gasteiger partial charge on any atom is -0.466 e. The Morgan fingerprint density at radius 1 is 1.29 bits per heavy atom. The fourth-order valence-corrected chi connectivity index (χ4v) is 3.17. The molecular formula is C15H26INO4. The van der Waals surface area contributed by atoms with Crippen molar-refractivity contribution in [3.63, 3.8) is 0 Å². The molecule has 6 heteroatoms. The third-order valence-electron chi connectivity index (χ3n) is 3.40. The van der Waals surface area contributed by atoms with Crippen molar-refractivity contribution in [1.82, 2.24) is 4.90 Å². The van der Waals surface area contributed by atoms with Crippen molar-refractivity contribution in [3.8, 4) is 0 Å². The molecule has 5 nitrogen and oxygen atoms in total. The largest absolute Gasteiger partial charge is 0.466 e. The maximum Gasteiger partial charge on any atom is 0.410 e. The molecule has 0 aromatic carbocycles. The number of alkyl halides is 1. The molecule has 0 spiro atoms. The number of amides is 1. The van der Waals surface area contributed by atoms with Crippen molar-refractivity contribution in [1.29, 1.82) is 0 Å². The maximum absolute atomic E-state index is 12.4. The fourth-order valence-electron chi connectivity index (χ4n) is 2.45. The van der Waals surface area contributed by atoms with Crippen LogP contribution in [0.3, 0.4) is 0 Å². The molecule has 0 radical (unpaired) electrons. The first kappa shape index (κ1) is 18.5. The highest BCUT2D eigenvalue weighted by Gasteiger charge is 2.37. The molecule has 1 saturated heterocycles. The molecule has 1 rings (SSSR count). The standard InChI is InChI=1S/C15H26INO4/c1-5-20-13(18)11-6-7-12(8-9-16)17(10-11)14(19)21-15(2,3)4/h11-12H,5-10H2,1-4H3/t11-,12?/m0/s1. The lowest BCUT2D eigenvalue weighted by Crippen LogP contribution is -2.50. The van der Waals surface area contributed by atoms with E-state index >= 15 is 0 Å². The summed E-state index contributed by atoms with van der Waals surface area (Å²) in [7, 11) is 0. The zero-order valence-corrected chi connectivity index (χ0v) is 15.5. The molecule has 1 heterocycles. The number of esters is 1. The number of carbonyl (C=O) groups is 2. The van der Waals surface area contributed by atoms with E-state index in [0.717, 1.165) is 23.7 Å². The van der Waals surface area contributed by atoms with Crippen molar-refractivity contribution in [2.24, 2.45) is 5.92 Å². The smallest absolute Gasteiger partial charge is 0.410 e. The minimum atomic E-state index is -0.525. The third-order valence-corrected chi connectivity index (χ3v) is 4.02. The molecular weight excluding hydrogens is 385 g/mol. The molecule has 1 unspecified atom stereocenters. The van der Waals surface area contributed by atoms with Gasteiger partial charge in [-0.2, -0.15) is 0 Å². The molecule has 0 aromatic rings. The van der Waals surface area contributed by atoms with Gasteiger partial charge in [0.1, 0.15) is 5.60 Å². The van der Waals surface area contributed by atoms with Gasteiger partial charge in [0.2, 0.25) is 0 Å². The number of ether oxygens (including phenoxy) is 2. The summed E-state index contributed by atoms with van der Waals surface area (Å²) < 4.78 is 11.5. The lowest BCUT2D eigenvalue weighted by Gasteiger charge is -2.39. The third kappa shape index (κ3) is 6.00. The van der Waals surface area contributed by atoms with Crippen LogP contribution in [0, 0.1) is 5.92 Å². The predicted octanol–water partition coefficient (Wildman–Crippen LogP) is 3.39. The number of hydrogen-bond acceptors (Lipinski definition) is 4. The molecule has 1 aliphatic heterocycles. The summed E-state index contributed by atoms with van der Waals surface area (Å²) in [4.78, 5) is 26.0. The van der Waals surface area contributed by atoms with Crippen LogP contribution >= 0.6 is 22.6 Å². The van der Waals surface area contributed by atoms with E-state index in [1.54, 1.807) is 11.8 Å². The van der Waals surface area contributed by atoms with Gasteiger partial charge < -0.3 is 14.4 Å². The van der Waals surface area contributed by atoms with E-state index in [9.17, 15) is 9.59 Å². The van der Waals surface area contributed by atoms with Crippen molar-refractivity contribution in [3.05, 3.63) is 0 Å². The first-order chi connectivity index (χ1) is 9.78. The van der Waals surface area contributed by atoms with Crippen molar-refractivity contribution < 1.29 is 19.1 Å². The summed E-state index contributed by atoms with van der Waals surface area (Å²) in [6.07, 6.45) is 2.20. The lowest BCUT2D eigenvalue weighted by atomic mass is 9.92. The highest BCUT2D eigenvalue weighted by molar-refractivity contribution is 14.1. The molecule has 0 N–H and O–H groups in total. The fraction of sp³-hybridized carbons (Fsp3) is 0.867. The Morgan fingerprint density at radius 2 is 1.95 bits per heavy atom. The summed E-state index contributed by atoms with van der Waals surface area (Å²) in [6, 6.07) is 0.155. The zero-order valence-electron chi connectivity index (χ0n) is 13.4. The first-order valence-corrected chi connectivity index (χ1v) is 9.03. The van der Waals surface area contributed by atoms with E-state index < -0.39 is 5.60 Å². The number of nitrogens with zero attached hydrogens (tertiary/aromatic N) is 1. The zero-order chi connectivity index (χ0) is 16.0. The Morgan fingerprint density at radius 3 is 2.48 bits per heavy atom. The number of halogens is 1. The van der Waals surface area contributed by atoms with Gasteiger partial charge >= 0.3 is 12.1 Å². The summed E-state index contributed by atoms with van der Waals surface area (Å²) in [5, 5.41) is 0. The number of rotatable bonds is 4. The maximum atomic E-state index is 12.4. The highest BCUT2D eigenvalue weighted by Crippen LogP contribution is 2.27. The Hall–Kier alpha value is -0.530. The van der Waals surface area contributed by atoms with Gasteiger partial charge in [0.05, 0.1) is 12.5 Å². The number of likely N-dealkylation sites (tertiary alicyclic amines) is 1. The van der Waals surface area contributed by atoms with Gasteiger partial charge in [-0.25, -0.2) is 4.79 Å². The Kier molecular flexibility index (Phi) is 7.23. The summed E-state index contributed by atoms with van der Waals surface area (Å²) >= 11 is 2.31. The average molecular weight is 411 g/mol. The van der Waals surface area contributed by atoms with Gasteiger partial charge in [0.15, 0.2) is 0 Å². The van der Waals surface area contributed by atoms with Crippen molar-refractivity contribution in [2.75, 3.05) is 17.6 Å². The van der Waals surface area contributed by atoms with E-state index in [4.69, 9.17) is 9.47 Å². The first-order valence-electron chi connectivity index (χ1n) is 7.50. The van der Waals surface area contributed by atoms with Crippen molar-refractivity contribution in [2.45, 2.75) is 58.6 Å². The SMILES string of the molecule is CCOC(=O)[C@H]1CCC(CCI)N(C(=O)OC(C)(C)C)C1. The molecule has 1 aliphatic rings. The number of carbonyl (C=O) groups excluding carboxylic acids is 2. The van der Waals surface area contributed by atoms with Crippen LogP contribution in [0.1, 0.15) is 47.0 Å². The van der Waals surface area contributed by atoms with Crippen LogP contribution in [0.15, 0.2) is 0 Å². The topological polar surface area (TPSA) is 55.8 Å². The van der Waals surface area contributed by atoms with Crippen LogP contribution in [-0.4, -0.2) is 46.2 Å². The Bertz CT molecular complexity index is 367. The lowest BCUT2D eigenvalue weighted by molar-refractivity contribution is -0.150. The van der Waals surface area contributed by atoms with E-state index in [-0.39, 0.29) is 24.0 Å². The molecule has 21 heavy (non-hydrogen) atoms. The average Bonchev–Trinajstić information content (AvgIpc) is 2.37. The van der Waals surface area contributed by atoms with Gasteiger partial charge in [0.25, 0.3) is 0 Å². The van der Waals surface area contributed by atoms with Gasteiger partial charge in [-0.3, -0.25) is 4.79 Å². The molecule has 1 amide bonds. The van der Waals surface area contributed by atoms with Crippen LogP contribution in [0.2, 0.25) is 0 Å². The molecule has 0 aliphatic carbocycles. The Balaban J connectivity index is 2.76. The summed E-state index contributed by atoms with van der Waals surface area (Å²) in [6.45, 7) is 8.13. The molecule has 122 valence electrons. The van der Waals surface area contributed by atoms with E-state index in [1.807, 2.05) is 20.8 Å². The van der Waals surface area contributed by atoms with Gasteiger partial charge in [-0.15, -0.1) is 0 Å². The molecule has 2 atom stereocenters. The van der Waals surface area contributed by atoms with Gasteiger partial charge in [0, 0.05) is 17.0 Å². The molecule has 0 saturated carbocycles. The monoisotopic (exact) mass is 411 g/mol. The number of hydrogen-bond donors (Lipinski definition) is 0. The predicted molar refractivity (Wildman–Crippen MR) is 89.6 cm³/mol. The van der Waals surface area contributed by atoms with Gasteiger partial charge in [-0.1, -0.05) is 22.6 Å². The minimum absolute atomic E-state index is 0.155. The van der Waals surface area contributed by atoms with Crippen LogP contribution in [-0.2, 0) is 14.3 Å². The van der Waals surface area contributed by atoms with Crippen LogP contribution in [0.25, 0.3) is 0 Å². The Labute approximate surface area is 140 Å². The van der Waals surface area contributed by atoms with E-state index in [0.29, 0.717) is 13.2 Å². The van der Waals surface area contributed by atoms with Gasteiger partial charge in [-0.05, 0) is 47.0 Å². The van der Waals surface area contributed by atoms with E-state index in [2.05, 4.69) is 22.6 Å². The van der Waals surface area contributed by atoms with Crippen LogP contribution in [0.4, 0.5) is 4.79 Å². The second kappa shape index (κ2) is 8.19. The number of piperidine rings is 1. The quantitative estimate of drug-likeness (QED) is 0.404. The normalized spacial score (nSPS) is 22.8. The highest BCUT2D eigenvalue weighted by atomic mass is 127. The van der Waals surface area contributed by atoms with Crippen LogP contribution < -0.4 is 0 Å². The second-order valence-electron chi connectivity index (χ2n) is 6.29. The van der Waals surface area contributed by atoms with E-state index in [1.165, 1.54) is 0 Å². The molecule has 1 fully saturated rings. The molecule has 0 bridgehead atoms.